The molecule has 1 aromatic carbocycles. The van der Waals surface area contributed by atoms with Gasteiger partial charge in [0.25, 0.3) is 5.91 Å². The first-order chi connectivity index (χ1) is 14.9. The molecule has 0 unspecified atom stereocenters. The van der Waals surface area contributed by atoms with Gasteiger partial charge in [-0.15, -0.1) is 0 Å². The molecule has 1 fully saturated rings. The monoisotopic (exact) mass is 420 g/mol. The fourth-order valence-electron chi connectivity index (χ4n) is 4.44. The molecule has 1 saturated heterocycles. The second-order valence-electron chi connectivity index (χ2n) is 8.83. The normalized spacial score (nSPS) is 15.4. The molecule has 1 aliphatic rings. The Bertz CT molecular complexity index is 1040. The van der Waals surface area contributed by atoms with Gasteiger partial charge in [0.2, 0.25) is 0 Å². The van der Waals surface area contributed by atoms with Crippen molar-refractivity contribution in [2.45, 2.75) is 47.1 Å². The van der Waals surface area contributed by atoms with E-state index in [0.29, 0.717) is 17.3 Å². The van der Waals surface area contributed by atoms with Crippen LogP contribution in [0.5, 0.6) is 0 Å². The maximum Gasteiger partial charge on any atom is 0.253 e. The minimum atomic E-state index is -0.0124. The van der Waals surface area contributed by atoms with E-state index in [1.807, 2.05) is 37.5 Å². The highest BCUT2D eigenvalue weighted by atomic mass is 16.5. The minimum absolute atomic E-state index is 0.0124. The zero-order chi connectivity index (χ0) is 22.0. The van der Waals surface area contributed by atoms with Gasteiger partial charge in [0.15, 0.2) is 5.82 Å². The van der Waals surface area contributed by atoms with Gasteiger partial charge >= 0.3 is 0 Å². The summed E-state index contributed by atoms with van der Waals surface area (Å²) >= 11 is 0. The number of piperidine rings is 1. The molecule has 2 aromatic heterocycles. The lowest BCUT2D eigenvalue weighted by atomic mass is 9.96. The van der Waals surface area contributed by atoms with Crippen molar-refractivity contribution < 1.29 is 9.32 Å². The zero-order valence-electron chi connectivity index (χ0n) is 18.9. The largest absolute Gasteiger partial charge is 0.360 e. The first-order valence-corrected chi connectivity index (χ1v) is 11.1. The molecular formula is C25H32N4O2. The van der Waals surface area contributed by atoms with E-state index in [9.17, 15) is 4.79 Å². The number of hydrogen-bond acceptors (Lipinski definition) is 4. The maximum atomic E-state index is 12.9. The molecule has 0 radical (unpaired) electrons. The van der Waals surface area contributed by atoms with Crippen LogP contribution in [0.15, 0.2) is 40.9 Å². The van der Waals surface area contributed by atoms with Crippen LogP contribution in [0.25, 0.3) is 5.82 Å². The molecule has 0 saturated carbocycles. The molecule has 0 spiro atoms. The van der Waals surface area contributed by atoms with E-state index in [2.05, 4.69) is 46.6 Å². The third-order valence-electron chi connectivity index (χ3n) is 6.31. The summed E-state index contributed by atoms with van der Waals surface area (Å²) < 4.78 is 7.17. The summed E-state index contributed by atoms with van der Waals surface area (Å²) in [5.41, 5.74) is 5.23. The van der Waals surface area contributed by atoms with Crippen molar-refractivity contribution in [3.05, 3.63) is 70.2 Å². The number of carbonyl (C=O) groups is 1. The van der Waals surface area contributed by atoms with Crippen LogP contribution in [-0.2, 0) is 6.54 Å². The van der Waals surface area contributed by atoms with Crippen LogP contribution in [0.1, 0.15) is 51.5 Å². The number of aromatic nitrogens is 2. The third-order valence-corrected chi connectivity index (χ3v) is 6.31. The predicted octanol–water partition coefficient (Wildman–Crippen LogP) is 4.34. The fraction of sp³-hybridized carbons (Fsp3) is 0.440. The maximum absolute atomic E-state index is 12.9. The molecule has 0 atom stereocenters. The Morgan fingerprint density at radius 2 is 1.81 bits per heavy atom. The topological polar surface area (TPSA) is 63.3 Å². The molecule has 0 aliphatic carbocycles. The van der Waals surface area contributed by atoms with Crippen LogP contribution in [0.3, 0.4) is 0 Å². The first-order valence-electron chi connectivity index (χ1n) is 11.1. The number of benzene rings is 1. The lowest BCUT2D eigenvalue weighted by molar-refractivity contribution is 0.0934. The van der Waals surface area contributed by atoms with Crippen LogP contribution in [0.4, 0.5) is 0 Å². The van der Waals surface area contributed by atoms with Crippen molar-refractivity contribution in [3.8, 4) is 5.82 Å². The molecule has 1 aliphatic heterocycles. The number of amides is 1. The van der Waals surface area contributed by atoms with E-state index < -0.39 is 0 Å². The number of likely N-dealkylation sites (tertiary alicyclic amines) is 1. The third kappa shape index (κ3) is 4.90. The molecule has 1 amide bonds. The van der Waals surface area contributed by atoms with E-state index >= 15 is 0 Å². The molecule has 4 rings (SSSR count). The summed E-state index contributed by atoms with van der Waals surface area (Å²) in [6.07, 6.45) is 2.23. The van der Waals surface area contributed by atoms with Crippen LogP contribution < -0.4 is 5.32 Å². The lowest BCUT2D eigenvalue weighted by Crippen LogP contribution is -2.38. The molecule has 0 bridgehead atoms. The Balaban J connectivity index is 1.29. The molecule has 3 heterocycles. The van der Waals surface area contributed by atoms with Gasteiger partial charge in [-0.25, -0.2) is 0 Å². The SMILES string of the molecule is Cc1ccc(CN2CCC(CNC(=O)c3cc(C)n(-c4cc(C)on4)c3C)CC2)cc1. The van der Waals surface area contributed by atoms with Crippen LogP contribution in [0, 0.1) is 33.6 Å². The minimum Gasteiger partial charge on any atom is -0.360 e. The number of nitrogens with one attached hydrogen (secondary N) is 1. The molecular weight excluding hydrogens is 388 g/mol. The molecule has 6 nitrogen and oxygen atoms in total. The van der Waals surface area contributed by atoms with Crippen molar-refractivity contribution >= 4 is 5.91 Å². The number of nitrogens with zero attached hydrogens (tertiary/aromatic N) is 3. The summed E-state index contributed by atoms with van der Waals surface area (Å²) in [5.74, 6) is 1.98. The second-order valence-corrected chi connectivity index (χ2v) is 8.83. The fourth-order valence-corrected chi connectivity index (χ4v) is 4.44. The van der Waals surface area contributed by atoms with Crippen molar-refractivity contribution in [1.82, 2.24) is 19.9 Å². The van der Waals surface area contributed by atoms with Gasteiger partial charge in [0.1, 0.15) is 5.76 Å². The van der Waals surface area contributed by atoms with Gasteiger partial charge < -0.3 is 9.84 Å². The summed E-state index contributed by atoms with van der Waals surface area (Å²) in [6.45, 7) is 11.8. The van der Waals surface area contributed by atoms with Crippen molar-refractivity contribution in [3.63, 3.8) is 0 Å². The molecule has 6 heteroatoms. The van der Waals surface area contributed by atoms with Gasteiger partial charge in [0.05, 0.1) is 5.56 Å². The van der Waals surface area contributed by atoms with E-state index in [1.165, 1.54) is 11.1 Å². The number of rotatable bonds is 6. The van der Waals surface area contributed by atoms with E-state index in [0.717, 1.165) is 56.2 Å². The summed E-state index contributed by atoms with van der Waals surface area (Å²) in [7, 11) is 0. The van der Waals surface area contributed by atoms with Crippen LogP contribution in [0.2, 0.25) is 0 Å². The van der Waals surface area contributed by atoms with Crippen LogP contribution >= 0.6 is 0 Å². The summed E-state index contributed by atoms with van der Waals surface area (Å²) in [5, 5.41) is 7.26. The number of hydrogen-bond donors (Lipinski definition) is 1. The smallest absolute Gasteiger partial charge is 0.253 e. The highest BCUT2D eigenvalue weighted by molar-refractivity contribution is 5.95. The Morgan fingerprint density at radius 1 is 1.10 bits per heavy atom. The number of aryl methyl sites for hydroxylation is 3. The number of carbonyl (C=O) groups excluding carboxylic acids is 1. The molecule has 3 aromatic rings. The highest BCUT2D eigenvalue weighted by Gasteiger charge is 2.22. The predicted molar refractivity (Wildman–Crippen MR) is 122 cm³/mol. The van der Waals surface area contributed by atoms with Crippen molar-refractivity contribution in [2.24, 2.45) is 5.92 Å². The van der Waals surface area contributed by atoms with Gasteiger partial charge in [-0.05, 0) is 71.2 Å². The first kappa shape index (κ1) is 21.4. The highest BCUT2D eigenvalue weighted by Crippen LogP contribution is 2.22. The van der Waals surface area contributed by atoms with Gasteiger partial charge in [-0.3, -0.25) is 14.3 Å². The Hall–Kier alpha value is -2.86. The molecule has 164 valence electrons. The van der Waals surface area contributed by atoms with Crippen LogP contribution in [-0.4, -0.2) is 40.2 Å². The molecule has 31 heavy (non-hydrogen) atoms. The summed E-state index contributed by atoms with van der Waals surface area (Å²) in [6, 6.07) is 12.6. The second kappa shape index (κ2) is 9.10. The van der Waals surface area contributed by atoms with E-state index in [4.69, 9.17) is 4.52 Å². The van der Waals surface area contributed by atoms with Crippen molar-refractivity contribution in [1.29, 1.82) is 0 Å². The quantitative estimate of drug-likeness (QED) is 0.644. The zero-order valence-corrected chi connectivity index (χ0v) is 18.9. The average Bonchev–Trinajstić information content (AvgIpc) is 3.31. The lowest BCUT2D eigenvalue weighted by Gasteiger charge is -2.32. The Labute approximate surface area is 184 Å². The Kier molecular flexibility index (Phi) is 6.28. The van der Waals surface area contributed by atoms with E-state index in [-0.39, 0.29) is 5.91 Å². The van der Waals surface area contributed by atoms with Crippen molar-refractivity contribution in [2.75, 3.05) is 19.6 Å². The standard InChI is InChI=1S/C25H32N4O2/c1-17-5-7-22(8-6-17)16-28-11-9-21(10-12-28)15-26-25(30)23-13-18(2)29(20(23)4)24-14-19(3)31-27-24/h5-8,13-14,21H,9-12,15-16H2,1-4H3,(H,26,30). The Morgan fingerprint density at radius 3 is 2.45 bits per heavy atom. The summed E-state index contributed by atoms with van der Waals surface area (Å²) in [4.78, 5) is 15.4. The average molecular weight is 421 g/mol. The van der Waals surface area contributed by atoms with Gasteiger partial charge in [-0.2, -0.15) is 0 Å². The molecule has 1 N–H and O–H groups in total. The van der Waals surface area contributed by atoms with Gasteiger partial charge in [-0.1, -0.05) is 35.0 Å². The van der Waals surface area contributed by atoms with E-state index in [1.54, 1.807) is 0 Å². The van der Waals surface area contributed by atoms with Gasteiger partial charge in [0, 0.05) is 30.5 Å².